The van der Waals surface area contributed by atoms with Gasteiger partial charge in [-0.05, 0) is 56.2 Å². The van der Waals surface area contributed by atoms with Crippen LogP contribution in [0.5, 0.6) is 0 Å². The molecule has 0 aliphatic carbocycles. The number of aryl methyl sites for hydroxylation is 1. The summed E-state index contributed by atoms with van der Waals surface area (Å²) in [5.74, 6) is 0.442. The molecule has 1 aliphatic heterocycles. The Morgan fingerprint density at radius 2 is 1.90 bits per heavy atom. The monoisotopic (exact) mass is 388 g/mol. The quantitative estimate of drug-likeness (QED) is 0.702. The fourth-order valence-corrected chi connectivity index (χ4v) is 3.69. The molecule has 1 atom stereocenters. The Hall–Kier alpha value is -3.34. The molecule has 2 heterocycles. The molecule has 1 unspecified atom stereocenters. The number of carbonyl (C=O) groups excluding carboxylic acids is 2. The highest BCUT2D eigenvalue weighted by Crippen LogP contribution is 2.24. The summed E-state index contributed by atoms with van der Waals surface area (Å²) >= 11 is 0. The molecule has 0 spiro atoms. The largest absolute Gasteiger partial charge is 0.464 e. The minimum atomic E-state index is -0.206. The molecule has 2 aromatic carbocycles. The number of anilines is 1. The van der Waals surface area contributed by atoms with E-state index in [2.05, 4.69) is 5.32 Å². The zero-order chi connectivity index (χ0) is 20.2. The Morgan fingerprint density at radius 1 is 1.07 bits per heavy atom. The van der Waals surface area contributed by atoms with E-state index >= 15 is 0 Å². The smallest absolute Gasteiger partial charge is 0.253 e. The van der Waals surface area contributed by atoms with E-state index in [1.54, 1.807) is 11.2 Å². The molecule has 4 rings (SSSR count). The van der Waals surface area contributed by atoms with Gasteiger partial charge in [-0.25, -0.2) is 0 Å². The summed E-state index contributed by atoms with van der Waals surface area (Å²) in [5.41, 5.74) is 3.41. The van der Waals surface area contributed by atoms with E-state index in [1.165, 1.54) is 0 Å². The van der Waals surface area contributed by atoms with Crippen molar-refractivity contribution < 1.29 is 14.0 Å². The maximum atomic E-state index is 13.0. The summed E-state index contributed by atoms with van der Waals surface area (Å²) in [6, 6.07) is 18.9. The lowest BCUT2D eigenvalue weighted by Gasteiger charge is -2.32. The number of benzene rings is 2. The second kappa shape index (κ2) is 8.35. The van der Waals surface area contributed by atoms with Gasteiger partial charge in [0, 0.05) is 29.9 Å². The Bertz CT molecular complexity index is 993. The van der Waals surface area contributed by atoms with E-state index in [1.807, 2.05) is 67.6 Å². The summed E-state index contributed by atoms with van der Waals surface area (Å²) < 4.78 is 5.43. The maximum Gasteiger partial charge on any atom is 0.253 e. The van der Waals surface area contributed by atoms with Crippen molar-refractivity contribution in [2.75, 3.05) is 18.4 Å². The van der Waals surface area contributed by atoms with Crippen LogP contribution in [-0.2, 0) is 4.79 Å². The number of furan rings is 1. The van der Waals surface area contributed by atoms with Crippen LogP contribution in [0.1, 0.15) is 28.8 Å². The van der Waals surface area contributed by atoms with Gasteiger partial charge in [0.15, 0.2) is 0 Å². The zero-order valence-electron chi connectivity index (χ0n) is 16.4. The highest BCUT2D eigenvalue weighted by molar-refractivity contribution is 5.97. The molecule has 5 heteroatoms. The first-order valence-electron chi connectivity index (χ1n) is 9.91. The van der Waals surface area contributed by atoms with Crippen LogP contribution < -0.4 is 5.32 Å². The van der Waals surface area contributed by atoms with Crippen molar-refractivity contribution in [2.45, 2.75) is 19.8 Å². The predicted molar refractivity (Wildman–Crippen MR) is 113 cm³/mol. The van der Waals surface area contributed by atoms with Gasteiger partial charge in [0.2, 0.25) is 5.91 Å². The average molecular weight is 388 g/mol. The lowest BCUT2D eigenvalue weighted by Crippen LogP contribution is -2.43. The topological polar surface area (TPSA) is 62.6 Å². The summed E-state index contributed by atoms with van der Waals surface area (Å²) in [6.07, 6.45) is 3.22. The molecule has 3 aromatic rings. The highest BCUT2D eigenvalue weighted by atomic mass is 16.3. The summed E-state index contributed by atoms with van der Waals surface area (Å²) in [6.45, 7) is 3.11. The minimum absolute atomic E-state index is 0.0318. The number of carbonyl (C=O) groups is 2. The van der Waals surface area contributed by atoms with E-state index in [9.17, 15) is 9.59 Å². The van der Waals surface area contributed by atoms with Gasteiger partial charge in [-0.1, -0.05) is 29.8 Å². The SMILES string of the molecule is Cc1ccc(NC(=O)C2CCCN(C(=O)c3cccc(-c4ccco4)c3)C2)cc1. The Balaban J connectivity index is 1.44. The third-order valence-electron chi connectivity index (χ3n) is 5.31. The van der Waals surface area contributed by atoms with Crippen molar-refractivity contribution in [3.05, 3.63) is 78.1 Å². The molecule has 29 heavy (non-hydrogen) atoms. The highest BCUT2D eigenvalue weighted by Gasteiger charge is 2.29. The Kier molecular flexibility index (Phi) is 5.47. The summed E-state index contributed by atoms with van der Waals surface area (Å²) in [5, 5.41) is 2.98. The van der Waals surface area contributed by atoms with Gasteiger partial charge in [0.25, 0.3) is 5.91 Å². The third-order valence-corrected chi connectivity index (χ3v) is 5.31. The molecule has 0 bridgehead atoms. The van der Waals surface area contributed by atoms with E-state index in [0.29, 0.717) is 18.7 Å². The van der Waals surface area contributed by atoms with Gasteiger partial charge >= 0.3 is 0 Å². The molecule has 0 saturated carbocycles. The van der Waals surface area contributed by atoms with Crippen LogP contribution in [0.25, 0.3) is 11.3 Å². The van der Waals surface area contributed by atoms with Gasteiger partial charge < -0.3 is 14.6 Å². The van der Waals surface area contributed by atoms with Crippen molar-refractivity contribution in [3.63, 3.8) is 0 Å². The molecular weight excluding hydrogens is 364 g/mol. The first-order chi connectivity index (χ1) is 14.1. The van der Waals surface area contributed by atoms with Crippen LogP contribution in [0.3, 0.4) is 0 Å². The first kappa shape index (κ1) is 19.0. The fourth-order valence-electron chi connectivity index (χ4n) is 3.69. The number of amides is 2. The lowest BCUT2D eigenvalue weighted by molar-refractivity contribution is -0.121. The molecule has 1 N–H and O–H groups in total. The van der Waals surface area contributed by atoms with Crippen molar-refractivity contribution >= 4 is 17.5 Å². The molecule has 1 saturated heterocycles. The van der Waals surface area contributed by atoms with Crippen LogP contribution >= 0.6 is 0 Å². The number of hydrogen-bond donors (Lipinski definition) is 1. The van der Waals surface area contributed by atoms with Crippen LogP contribution in [0.15, 0.2) is 71.3 Å². The molecule has 5 nitrogen and oxygen atoms in total. The van der Waals surface area contributed by atoms with E-state index in [4.69, 9.17) is 4.42 Å². The number of rotatable bonds is 4. The van der Waals surface area contributed by atoms with E-state index in [0.717, 1.165) is 35.4 Å². The Morgan fingerprint density at radius 3 is 2.66 bits per heavy atom. The van der Waals surface area contributed by atoms with Crippen molar-refractivity contribution in [3.8, 4) is 11.3 Å². The number of nitrogens with zero attached hydrogens (tertiary/aromatic N) is 1. The average Bonchev–Trinajstić information content (AvgIpc) is 3.30. The lowest BCUT2D eigenvalue weighted by atomic mass is 9.96. The first-order valence-corrected chi connectivity index (χ1v) is 9.91. The standard InChI is InChI=1S/C24H24N2O3/c1-17-9-11-21(12-10-17)25-23(27)20-7-3-13-26(16-20)24(28)19-6-2-5-18(15-19)22-8-4-14-29-22/h2,4-6,8-12,14-15,20H,3,7,13,16H2,1H3,(H,25,27). The van der Waals surface area contributed by atoms with Gasteiger partial charge in [-0.15, -0.1) is 0 Å². The minimum Gasteiger partial charge on any atom is -0.464 e. The molecule has 148 valence electrons. The van der Waals surface area contributed by atoms with Crippen LogP contribution in [-0.4, -0.2) is 29.8 Å². The van der Waals surface area contributed by atoms with Crippen LogP contribution in [0.2, 0.25) is 0 Å². The fraction of sp³-hybridized carbons (Fsp3) is 0.250. The summed E-state index contributed by atoms with van der Waals surface area (Å²) in [7, 11) is 0. The van der Waals surface area contributed by atoms with Crippen molar-refractivity contribution in [1.82, 2.24) is 4.90 Å². The maximum absolute atomic E-state index is 13.0. The third kappa shape index (κ3) is 4.40. The van der Waals surface area contributed by atoms with Crippen molar-refractivity contribution in [1.29, 1.82) is 0 Å². The van der Waals surface area contributed by atoms with Gasteiger partial charge in [-0.3, -0.25) is 9.59 Å². The molecule has 1 aliphatic rings. The number of nitrogens with one attached hydrogen (secondary N) is 1. The summed E-state index contributed by atoms with van der Waals surface area (Å²) in [4.78, 5) is 27.5. The van der Waals surface area contributed by atoms with Crippen molar-refractivity contribution in [2.24, 2.45) is 5.92 Å². The number of piperidine rings is 1. The second-order valence-corrected chi connectivity index (χ2v) is 7.50. The molecule has 1 aromatic heterocycles. The molecule has 0 radical (unpaired) electrons. The van der Waals surface area contributed by atoms with Crippen LogP contribution in [0, 0.1) is 12.8 Å². The molecule has 1 fully saturated rings. The molecule has 2 amide bonds. The zero-order valence-corrected chi connectivity index (χ0v) is 16.4. The van der Waals surface area contributed by atoms with E-state index < -0.39 is 0 Å². The van der Waals surface area contributed by atoms with Crippen LogP contribution in [0.4, 0.5) is 5.69 Å². The van der Waals surface area contributed by atoms with Gasteiger partial charge in [0.1, 0.15) is 5.76 Å². The number of likely N-dealkylation sites (tertiary alicyclic amines) is 1. The van der Waals surface area contributed by atoms with E-state index in [-0.39, 0.29) is 17.7 Å². The van der Waals surface area contributed by atoms with Gasteiger partial charge in [0.05, 0.1) is 12.2 Å². The Labute approximate surface area is 170 Å². The molecular formula is C24H24N2O3. The predicted octanol–water partition coefficient (Wildman–Crippen LogP) is 4.75. The second-order valence-electron chi connectivity index (χ2n) is 7.50. The van der Waals surface area contributed by atoms with Gasteiger partial charge in [-0.2, -0.15) is 0 Å². The normalized spacial score (nSPS) is 16.4. The number of hydrogen-bond acceptors (Lipinski definition) is 3.